The standard InChI is InChI=1S/C14H14ClNO3S2/c15-13-7-6-12(20-13)10-21(18,19)9-8-14(17)16-11-4-2-1-3-5-11/h1-7H,8-10H2,(H,16,17). The van der Waals surface area contributed by atoms with E-state index in [0.717, 1.165) is 0 Å². The molecule has 0 unspecified atom stereocenters. The average molecular weight is 344 g/mol. The molecule has 1 N–H and O–H groups in total. The van der Waals surface area contributed by atoms with Crippen molar-refractivity contribution in [3.63, 3.8) is 0 Å². The van der Waals surface area contributed by atoms with E-state index in [-0.39, 0.29) is 23.8 Å². The number of hydrogen-bond acceptors (Lipinski definition) is 4. The van der Waals surface area contributed by atoms with E-state index in [1.807, 2.05) is 6.07 Å². The maximum Gasteiger partial charge on any atom is 0.225 e. The van der Waals surface area contributed by atoms with Crippen LogP contribution in [-0.4, -0.2) is 20.1 Å². The number of nitrogens with one attached hydrogen (secondary N) is 1. The van der Waals surface area contributed by atoms with Crippen LogP contribution >= 0.6 is 22.9 Å². The molecule has 0 fully saturated rings. The molecular formula is C14H14ClNO3S2. The number of benzene rings is 1. The van der Waals surface area contributed by atoms with Gasteiger partial charge in [-0.25, -0.2) is 8.42 Å². The lowest BCUT2D eigenvalue weighted by atomic mass is 10.3. The molecule has 0 bridgehead atoms. The molecule has 1 aromatic heterocycles. The molecular weight excluding hydrogens is 330 g/mol. The quantitative estimate of drug-likeness (QED) is 0.874. The highest BCUT2D eigenvalue weighted by Gasteiger charge is 2.16. The van der Waals surface area contributed by atoms with Crippen LogP contribution in [0.25, 0.3) is 0 Å². The van der Waals surface area contributed by atoms with Crippen LogP contribution < -0.4 is 5.32 Å². The van der Waals surface area contributed by atoms with Crippen LogP contribution in [-0.2, 0) is 20.4 Å². The highest BCUT2D eigenvalue weighted by Crippen LogP contribution is 2.23. The first kappa shape index (κ1) is 16.0. The molecule has 21 heavy (non-hydrogen) atoms. The van der Waals surface area contributed by atoms with E-state index in [1.165, 1.54) is 11.3 Å². The Morgan fingerprint density at radius 3 is 2.48 bits per heavy atom. The van der Waals surface area contributed by atoms with Gasteiger partial charge in [0, 0.05) is 17.0 Å². The lowest BCUT2D eigenvalue weighted by Crippen LogP contribution is -2.18. The summed E-state index contributed by atoms with van der Waals surface area (Å²) in [6.07, 6.45) is -0.0592. The van der Waals surface area contributed by atoms with E-state index in [2.05, 4.69) is 5.32 Å². The number of rotatable bonds is 6. The van der Waals surface area contributed by atoms with Gasteiger partial charge >= 0.3 is 0 Å². The Kier molecular flexibility index (Phi) is 5.39. The molecule has 0 aliphatic carbocycles. The zero-order valence-electron chi connectivity index (χ0n) is 11.1. The summed E-state index contributed by atoms with van der Waals surface area (Å²) in [4.78, 5) is 12.4. The molecule has 2 aromatic rings. The number of amides is 1. The van der Waals surface area contributed by atoms with Crippen LogP contribution in [0.3, 0.4) is 0 Å². The topological polar surface area (TPSA) is 63.2 Å². The third-order valence-electron chi connectivity index (χ3n) is 2.69. The summed E-state index contributed by atoms with van der Waals surface area (Å²) in [6, 6.07) is 12.3. The Morgan fingerprint density at radius 1 is 1.14 bits per heavy atom. The Hall–Kier alpha value is -1.37. The maximum atomic E-state index is 11.9. The predicted octanol–water partition coefficient (Wildman–Crippen LogP) is 3.35. The van der Waals surface area contributed by atoms with E-state index in [9.17, 15) is 13.2 Å². The first-order valence-electron chi connectivity index (χ1n) is 6.24. The second kappa shape index (κ2) is 7.06. The van der Waals surface area contributed by atoms with Crippen LogP contribution in [0.4, 0.5) is 5.69 Å². The minimum atomic E-state index is -3.32. The van der Waals surface area contributed by atoms with Crippen LogP contribution in [0.15, 0.2) is 42.5 Å². The van der Waals surface area contributed by atoms with Crippen LogP contribution in [0, 0.1) is 0 Å². The molecule has 0 aliphatic heterocycles. The minimum Gasteiger partial charge on any atom is -0.326 e. The Balaban J connectivity index is 1.85. The van der Waals surface area contributed by atoms with Crippen molar-refractivity contribution >= 4 is 44.4 Å². The van der Waals surface area contributed by atoms with Gasteiger partial charge in [0.05, 0.1) is 15.8 Å². The van der Waals surface area contributed by atoms with Gasteiger partial charge in [0.25, 0.3) is 0 Å². The van der Waals surface area contributed by atoms with Gasteiger partial charge in [-0.1, -0.05) is 29.8 Å². The number of para-hydroxylation sites is 1. The van der Waals surface area contributed by atoms with E-state index in [1.54, 1.807) is 36.4 Å². The molecule has 0 aliphatic rings. The Morgan fingerprint density at radius 2 is 1.86 bits per heavy atom. The largest absolute Gasteiger partial charge is 0.326 e. The number of carbonyl (C=O) groups is 1. The van der Waals surface area contributed by atoms with Crippen molar-refractivity contribution in [2.24, 2.45) is 0 Å². The Bertz CT molecular complexity index is 711. The molecule has 7 heteroatoms. The number of carbonyl (C=O) groups excluding carboxylic acids is 1. The Labute approximate surface area is 132 Å². The smallest absolute Gasteiger partial charge is 0.225 e. The molecule has 0 saturated heterocycles. The van der Waals surface area contributed by atoms with Crippen LogP contribution in [0.5, 0.6) is 0 Å². The molecule has 1 aromatic carbocycles. The van der Waals surface area contributed by atoms with Crippen LogP contribution in [0.1, 0.15) is 11.3 Å². The van der Waals surface area contributed by atoms with Gasteiger partial charge in [-0.2, -0.15) is 0 Å². The monoisotopic (exact) mass is 343 g/mol. The molecule has 112 valence electrons. The van der Waals surface area contributed by atoms with Crippen molar-refractivity contribution in [2.45, 2.75) is 12.2 Å². The average Bonchev–Trinajstić information content (AvgIpc) is 2.82. The summed E-state index contributed by atoms with van der Waals surface area (Å²) < 4.78 is 24.5. The van der Waals surface area contributed by atoms with Gasteiger partial charge in [-0.05, 0) is 24.3 Å². The summed E-state index contributed by atoms with van der Waals surface area (Å²) in [6.45, 7) is 0. The lowest BCUT2D eigenvalue weighted by Gasteiger charge is -2.05. The van der Waals surface area contributed by atoms with Gasteiger partial charge in [0.2, 0.25) is 5.91 Å². The van der Waals surface area contributed by atoms with Crippen molar-refractivity contribution in [1.82, 2.24) is 0 Å². The van der Waals surface area contributed by atoms with Crippen molar-refractivity contribution in [3.05, 3.63) is 51.7 Å². The molecule has 0 radical (unpaired) electrons. The highest BCUT2D eigenvalue weighted by molar-refractivity contribution is 7.90. The normalized spacial score (nSPS) is 11.3. The summed E-state index contributed by atoms with van der Waals surface area (Å²) in [5.41, 5.74) is 0.657. The third-order valence-corrected chi connectivity index (χ3v) is 5.68. The first-order chi connectivity index (χ1) is 9.94. The molecule has 0 atom stereocenters. The van der Waals surface area contributed by atoms with E-state index in [0.29, 0.717) is 14.9 Å². The third kappa shape index (κ3) is 5.49. The zero-order chi connectivity index (χ0) is 15.3. The van der Waals surface area contributed by atoms with Crippen molar-refractivity contribution in [2.75, 3.05) is 11.1 Å². The van der Waals surface area contributed by atoms with E-state index in [4.69, 9.17) is 11.6 Å². The number of sulfone groups is 1. The molecule has 1 amide bonds. The van der Waals surface area contributed by atoms with Gasteiger partial charge in [-0.15, -0.1) is 11.3 Å². The second-order valence-electron chi connectivity index (χ2n) is 4.46. The number of thiophene rings is 1. The number of anilines is 1. The van der Waals surface area contributed by atoms with Gasteiger partial charge in [-0.3, -0.25) is 4.79 Å². The van der Waals surface area contributed by atoms with Crippen LogP contribution in [0.2, 0.25) is 4.34 Å². The summed E-state index contributed by atoms with van der Waals surface area (Å²) in [7, 11) is -3.32. The van der Waals surface area contributed by atoms with Gasteiger partial charge in [0.15, 0.2) is 9.84 Å². The summed E-state index contributed by atoms with van der Waals surface area (Å²) in [5, 5.41) is 2.66. The maximum absolute atomic E-state index is 11.9. The minimum absolute atomic E-state index is 0.0592. The molecule has 2 rings (SSSR count). The molecule has 0 spiro atoms. The fourth-order valence-electron chi connectivity index (χ4n) is 1.71. The molecule has 0 saturated carbocycles. The van der Waals surface area contributed by atoms with E-state index >= 15 is 0 Å². The number of hydrogen-bond donors (Lipinski definition) is 1. The lowest BCUT2D eigenvalue weighted by molar-refractivity contribution is -0.115. The van der Waals surface area contributed by atoms with Gasteiger partial charge < -0.3 is 5.32 Å². The first-order valence-corrected chi connectivity index (χ1v) is 9.26. The fourth-order valence-corrected chi connectivity index (χ4v) is 4.54. The van der Waals surface area contributed by atoms with Crippen molar-refractivity contribution < 1.29 is 13.2 Å². The van der Waals surface area contributed by atoms with E-state index < -0.39 is 9.84 Å². The summed E-state index contributed by atoms with van der Waals surface area (Å²) >= 11 is 7.00. The highest BCUT2D eigenvalue weighted by atomic mass is 35.5. The van der Waals surface area contributed by atoms with Crippen molar-refractivity contribution in [1.29, 1.82) is 0 Å². The fraction of sp³-hybridized carbons (Fsp3) is 0.214. The second-order valence-corrected chi connectivity index (χ2v) is 8.45. The SMILES string of the molecule is O=C(CCS(=O)(=O)Cc1ccc(Cl)s1)Nc1ccccc1. The predicted molar refractivity (Wildman–Crippen MR) is 86.5 cm³/mol. The summed E-state index contributed by atoms with van der Waals surface area (Å²) in [5.74, 6) is -0.571. The van der Waals surface area contributed by atoms with Gasteiger partial charge in [0.1, 0.15) is 0 Å². The van der Waals surface area contributed by atoms with Crippen molar-refractivity contribution in [3.8, 4) is 0 Å². The molecule has 1 heterocycles. The molecule has 4 nitrogen and oxygen atoms in total. The number of halogens is 1. The zero-order valence-corrected chi connectivity index (χ0v) is 13.5.